The normalized spacial score (nSPS) is 20.4. The third-order valence-corrected chi connectivity index (χ3v) is 7.52. The van der Waals surface area contributed by atoms with E-state index in [0.29, 0.717) is 17.3 Å². The van der Waals surface area contributed by atoms with Gasteiger partial charge in [-0.15, -0.1) is 0 Å². The van der Waals surface area contributed by atoms with E-state index in [9.17, 15) is 32.8 Å². The largest absolute Gasteiger partial charge is 0.748 e. The number of thioether (sulfide) groups is 1. The molecule has 12 heteroatoms. The van der Waals surface area contributed by atoms with Gasteiger partial charge in [0.25, 0.3) is 0 Å². The zero-order valence-corrected chi connectivity index (χ0v) is 19.0. The van der Waals surface area contributed by atoms with Gasteiger partial charge in [0, 0.05) is 24.4 Å². The van der Waals surface area contributed by atoms with E-state index in [1.165, 1.54) is 30.0 Å². The molecule has 2 aromatic rings. The Bertz CT molecular complexity index is 1280. The van der Waals surface area contributed by atoms with Crippen molar-refractivity contribution < 1.29 is 42.4 Å². The van der Waals surface area contributed by atoms with Crippen LogP contribution in [0.4, 0.5) is 11.4 Å². The van der Waals surface area contributed by atoms with Crippen molar-refractivity contribution in [2.24, 2.45) is 0 Å². The van der Waals surface area contributed by atoms with Crippen LogP contribution in [0, 0.1) is 0 Å². The second-order valence-electron chi connectivity index (χ2n) is 7.60. The average Bonchev–Trinajstić information content (AvgIpc) is 3.24. The van der Waals surface area contributed by atoms with Crippen LogP contribution in [0.25, 0.3) is 0 Å². The highest BCUT2D eigenvalue weighted by Crippen LogP contribution is 2.41. The summed E-state index contributed by atoms with van der Waals surface area (Å²) in [6.07, 6.45) is 1.86. The van der Waals surface area contributed by atoms with Crippen molar-refractivity contribution in [3.63, 3.8) is 0 Å². The number of nitrogens with one attached hydrogen (secondary N) is 1. The van der Waals surface area contributed by atoms with E-state index in [2.05, 4.69) is 0 Å². The molecule has 4 rings (SSSR count). The molecule has 0 aromatic heterocycles. The molecule has 2 aliphatic heterocycles. The summed E-state index contributed by atoms with van der Waals surface area (Å²) in [5.74, 6) is -1.88. The molecular formula is C21H20N2O8S2. The number of ether oxygens (including phenoxy) is 1. The number of carboxylic acids is 2. The highest BCUT2D eigenvalue weighted by Gasteiger charge is 2.35. The van der Waals surface area contributed by atoms with Gasteiger partial charge < -0.3 is 24.4 Å². The number of carbonyl (C=O) groups is 2. The lowest BCUT2D eigenvalue weighted by Crippen LogP contribution is -3.06. The standard InChI is InChI=1S/C21H20N2O8S2/c1-22-15-10-13(21(26)27)4-6-17(15)32-19(22)11-18-23(7-2-8-33(28,29)30)14-9-12(20(24)25)3-5-16(14)31-18/h3-6,9-11,19H,2,7-8H2,1H3,(H,24,25)(H,26,27)(H,28,29,30). The van der Waals surface area contributed by atoms with Crippen molar-refractivity contribution in [3.05, 3.63) is 59.5 Å². The summed E-state index contributed by atoms with van der Waals surface area (Å²) in [5, 5.41) is 18.4. The van der Waals surface area contributed by atoms with Crippen molar-refractivity contribution in [1.82, 2.24) is 0 Å². The van der Waals surface area contributed by atoms with E-state index in [-0.39, 0.29) is 29.5 Å². The Morgan fingerprint density at radius 2 is 1.85 bits per heavy atom. The Balaban J connectivity index is 1.64. The summed E-state index contributed by atoms with van der Waals surface area (Å²) in [5.41, 5.74) is 1.53. The number of fused-ring (bicyclic) bond motifs is 2. The lowest BCUT2D eigenvalue weighted by Gasteiger charge is -2.20. The van der Waals surface area contributed by atoms with Gasteiger partial charge in [0.15, 0.2) is 11.1 Å². The first-order chi connectivity index (χ1) is 15.5. The first kappa shape index (κ1) is 23.1. The van der Waals surface area contributed by atoms with Gasteiger partial charge in [-0.2, -0.15) is 0 Å². The fraction of sp³-hybridized carbons (Fsp3) is 0.238. The summed E-state index contributed by atoms with van der Waals surface area (Å²) in [6.45, 7) is 0.135. The zero-order chi connectivity index (χ0) is 23.9. The maximum atomic E-state index is 11.4. The Morgan fingerprint density at radius 3 is 2.52 bits per heavy atom. The summed E-state index contributed by atoms with van der Waals surface area (Å²) in [4.78, 5) is 26.2. The van der Waals surface area contributed by atoms with E-state index in [1.54, 1.807) is 23.1 Å². The van der Waals surface area contributed by atoms with Crippen LogP contribution >= 0.6 is 11.8 Å². The van der Waals surface area contributed by atoms with Crippen LogP contribution in [0.15, 0.2) is 53.3 Å². The van der Waals surface area contributed by atoms with Gasteiger partial charge in [0.2, 0.25) is 5.88 Å². The van der Waals surface area contributed by atoms with Crippen LogP contribution < -0.4 is 14.5 Å². The number of hydrogen-bond donors (Lipinski definition) is 3. The number of anilines is 1. The van der Waals surface area contributed by atoms with Crippen LogP contribution in [0.2, 0.25) is 0 Å². The molecule has 0 saturated carbocycles. The van der Waals surface area contributed by atoms with Crippen molar-refractivity contribution >= 4 is 45.2 Å². The lowest BCUT2D eigenvalue weighted by atomic mass is 10.2. The number of rotatable bonds is 7. The number of aromatic carboxylic acids is 2. The topological polar surface area (TPSA) is 149 Å². The van der Waals surface area contributed by atoms with E-state index >= 15 is 0 Å². The first-order valence-electron chi connectivity index (χ1n) is 9.89. The summed E-state index contributed by atoms with van der Waals surface area (Å²) in [7, 11) is -2.50. The van der Waals surface area contributed by atoms with Crippen LogP contribution in [-0.2, 0) is 10.1 Å². The van der Waals surface area contributed by atoms with Crippen molar-refractivity contribution in [2.75, 3.05) is 24.2 Å². The smallest absolute Gasteiger partial charge is 0.335 e. The SMILES string of the molecule is C[NH+]1c2cc(C(=O)O)ccc2SC1C=C1Oc2ccc(C(=O)O)cc2N1CCCS(=O)(=O)[O-]. The molecule has 2 atom stereocenters. The highest BCUT2D eigenvalue weighted by atomic mass is 32.2. The fourth-order valence-electron chi connectivity index (χ4n) is 3.73. The number of likely N-dealkylation sites (N-methyl/N-ethyl adjacent to an activating group) is 1. The molecule has 10 nitrogen and oxygen atoms in total. The molecule has 2 aliphatic rings. The van der Waals surface area contributed by atoms with E-state index in [1.807, 2.05) is 13.1 Å². The highest BCUT2D eigenvalue weighted by molar-refractivity contribution is 8.00. The molecule has 3 N–H and O–H groups in total. The minimum Gasteiger partial charge on any atom is -0.748 e. The van der Waals surface area contributed by atoms with Gasteiger partial charge in [-0.3, -0.25) is 4.90 Å². The molecule has 0 bridgehead atoms. The van der Waals surface area contributed by atoms with Gasteiger partial charge in [-0.25, -0.2) is 18.0 Å². The molecule has 0 aliphatic carbocycles. The third kappa shape index (κ3) is 4.83. The summed E-state index contributed by atoms with van der Waals surface area (Å²) < 4.78 is 39.1. The van der Waals surface area contributed by atoms with Gasteiger partial charge in [-0.1, -0.05) is 11.8 Å². The van der Waals surface area contributed by atoms with Crippen molar-refractivity contribution in [2.45, 2.75) is 16.7 Å². The molecule has 0 radical (unpaired) electrons. The van der Waals surface area contributed by atoms with Crippen LogP contribution in [0.3, 0.4) is 0 Å². The van der Waals surface area contributed by atoms with Crippen LogP contribution in [0.1, 0.15) is 27.1 Å². The van der Waals surface area contributed by atoms with E-state index < -0.39 is 27.8 Å². The fourth-order valence-corrected chi connectivity index (χ4v) is 5.47. The Hall–Kier alpha value is -3.06. The minimum absolute atomic E-state index is 0.0337. The van der Waals surface area contributed by atoms with Crippen molar-refractivity contribution in [1.29, 1.82) is 0 Å². The van der Waals surface area contributed by atoms with Crippen LogP contribution in [-0.4, -0.2) is 59.8 Å². The maximum absolute atomic E-state index is 11.4. The predicted molar refractivity (Wildman–Crippen MR) is 118 cm³/mol. The Morgan fingerprint density at radius 1 is 1.18 bits per heavy atom. The van der Waals surface area contributed by atoms with E-state index in [4.69, 9.17) is 4.74 Å². The zero-order valence-electron chi connectivity index (χ0n) is 17.3. The average molecular weight is 493 g/mol. The number of hydrogen-bond acceptors (Lipinski definition) is 8. The van der Waals surface area contributed by atoms with E-state index in [0.717, 1.165) is 15.5 Å². The first-order valence-corrected chi connectivity index (χ1v) is 12.3. The molecule has 33 heavy (non-hydrogen) atoms. The van der Waals surface area contributed by atoms with Gasteiger partial charge in [0.05, 0.1) is 38.9 Å². The molecule has 0 fully saturated rings. The number of carboxylic acid groups (broad SMARTS) is 2. The molecule has 174 valence electrons. The van der Waals surface area contributed by atoms with Crippen molar-refractivity contribution in [3.8, 4) is 5.75 Å². The second-order valence-corrected chi connectivity index (χ2v) is 10.3. The van der Waals surface area contributed by atoms with Gasteiger partial charge in [-0.05, 0) is 36.8 Å². The Kier molecular flexibility index (Phi) is 6.10. The van der Waals surface area contributed by atoms with Gasteiger partial charge in [0.1, 0.15) is 5.69 Å². The summed E-state index contributed by atoms with van der Waals surface area (Å²) >= 11 is 1.52. The molecule has 2 aromatic carbocycles. The number of quaternary nitrogens is 1. The second kappa shape index (κ2) is 8.71. The number of nitrogens with zero attached hydrogens (tertiary/aromatic N) is 1. The molecule has 2 heterocycles. The quantitative estimate of drug-likeness (QED) is 0.483. The van der Waals surface area contributed by atoms with Gasteiger partial charge >= 0.3 is 11.9 Å². The molecule has 0 saturated heterocycles. The lowest BCUT2D eigenvalue weighted by molar-refractivity contribution is -0.812. The monoisotopic (exact) mass is 492 g/mol. The Labute approximate surface area is 193 Å². The maximum Gasteiger partial charge on any atom is 0.335 e. The molecule has 0 spiro atoms. The minimum atomic E-state index is -4.40. The van der Waals surface area contributed by atoms with Crippen LogP contribution in [0.5, 0.6) is 5.75 Å². The third-order valence-electron chi connectivity index (χ3n) is 5.38. The molecule has 0 amide bonds. The molecule has 2 unspecified atom stereocenters. The summed E-state index contributed by atoms with van der Waals surface area (Å²) in [6, 6.07) is 9.31. The number of benzene rings is 2. The molecular weight excluding hydrogens is 472 g/mol. The predicted octanol–water partition coefficient (Wildman–Crippen LogP) is 1.34.